The Bertz CT molecular complexity index is 623. The molecule has 0 atom stereocenters. The lowest BCUT2D eigenvalue weighted by molar-refractivity contribution is -0.384. The number of hydrogen-bond acceptors (Lipinski definition) is 4. The molecule has 0 amide bonds. The first-order valence-electron chi connectivity index (χ1n) is 5.85. The molecule has 104 valence electrons. The van der Waals surface area contributed by atoms with Crippen LogP contribution in [0.4, 0.5) is 15.8 Å². The molecule has 1 heterocycles. The van der Waals surface area contributed by atoms with Gasteiger partial charge in [-0.2, -0.15) is 0 Å². The topological polar surface area (TPSA) is 68.1 Å². The molecule has 2 rings (SSSR count). The number of rotatable bonds is 5. The van der Waals surface area contributed by atoms with Gasteiger partial charge in [-0.3, -0.25) is 15.1 Å². The van der Waals surface area contributed by atoms with Crippen LogP contribution in [0.25, 0.3) is 0 Å². The van der Waals surface area contributed by atoms with Crippen molar-refractivity contribution in [1.29, 1.82) is 0 Å². The second-order valence-electron chi connectivity index (χ2n) is 4.04. The van der Waals surface area contributed by atoms with Crippen LogP contribution in [0.15, 0.2) is 36.5 Å². The molecule has 0 aliphatic heterocycles. The lowest BCUT2D eigenvalue weighted by atomic mass is 10.2. The quantitative estimate of drug-likeness (QED) is 0.485. The number of nitrogens with one attached hydrogen (secondary N) is 1. The summed E-state index contributed by atoms with van der Waals surface area (Å²) in [5.74, 6) is -0.475. The summed E-state index contributed by atoms with van der Waals surface area (Å²) in [5.41, 5.74) is 0.925. The summed E-state index contributed by atoms with van der Waals surface area (Å²) in [6, 6.07) is 7.92. The van der Waals surface area contributed by atoms with Crippen LogP contribution < -0.4 is 5.32 Å². The van der Waals surface area contributed by atoms with Crippen LogP contribution in [0, 0.1) is 19.5 Å². The smallest absolute Gasteiger partial charge is 0.293 e. The third-order valence-electron chi connectivity index (χ3n) is 2.66. The number of benzene rings is 1. The van der Waals surface area contributed by atoms with E-state index in [1.54, 1.807) is 28.8 Å². The maximum Gasteiger partial charge on any atom is 0.293 e. The van der Waals surface area contributed by atoms with Crippen molar-refractivity contribution in [2.45, 2.75) is 6.42 Å². The fraction of sp³-hybridized carbons (Fsp3) is 0.154. The van der Waals surface area contributed by atoms with Crippen LogP contribution in [0.5, 0.6) is 0 Å². The molecule has 0 saturated heterocycles. The van der Waals surface area contributed by atoms with Gasteiger partial charge in [0.15, 0.2) is 0 Å². The molecule has 1 aromatic carbocycles. The molecule has 1 aromatic heterocycles. The molecule has 7 heteroatoms. The number of halogens is 2. The molecule has 0 saturated carbocycles. The zero-order valence-corrected chi connectivity index (χ0v) is 12.5. The highest BCUT2D eigenvalue weighted by molar-refractivity contribution is 14.1. The van der Waals surface area contributed by atoms with E-state index in [0.717, 1.165) is 11.8 Å². The van der Waals surface area contributed by atoms with E-state index in [2.05, 4.69) is 10.3 Å². The van der Waals surface area contributed by atoms with E-state index < -0.39 is 10.7 Å². The van der Waals surface area contributed by atoms with Crippen LogP contribution >= 0.6 is 22.6 Å². The number of nitro benzene ring substituents is 1. The summed E-state index contributed by atoms with van der Waals surface area (Å²) < 4.78 is 13.7. The normalized spacial score (nSPS) is 10.3. The van der Waals surface area contributed by atoms with Crippen molar-refractivity contribution < 1.29 is 9.31 Å². The fourth-order valence-corrected chi connectivity index (χ4v) is 2.15. The van der Waals surface area contributed by atoms with Crippen LogP contribution in [-0.4, -0.2) is 16.5 Å². The summed E-state index contributed by atoms with van der Waals surface area (Å²) in [4.78, 5) is 14.6. The van der Waals surface area contributed by atoms with Gasteiger partial charge in [0.2, 0.25) is 0 Å². The van der Waals surface area contributed by atoms with Gasteiger partial charge in [0.25, 0.3) is 5.69 Å². The van der Waals surface area contributed by atoms with Crippen molar-refractivity contribution in [1.82, 2.24) is 4.98 Å². The minimum absolute atomic E-state index is 0.128. The summed E-state index contributed by atoms with van der Waals surface area (Å²) in [6.07, 6.45) is 2.29. The van der Waals surface area contributed by atoms with Gasteiger partial charge in [-0.25, -0.2) is 4.39 Å². The molecule has 2 aromatic rings. The molecule has 0 aliphatic carbocycles. The van der Waals surface area contributed by atoms with Gasteiger partial charge >= 0.3 is 0 Å². The molecule has 5 nitrogen and oxygen atoms in total. The highest BCUT2D eigenvalue weighted by Gasteiger charge is 2.17. The number of pyridine rings is 1. The van der Waals surface area contributed by atoms with E-state index in [9.17, 15) is 14.5 Å². The van der Waals surface area contributed by atoms with E-state index in [0.29, 0.717) is 13.0 Å². The van der Waals surface area contributed by atoms with Gasteiger partial charge in [-0.05, 0) is 34.7 Å². The van der Waals surface area contributed by atoms with E-state index in [4.69, 9.17) is 0 Å². The van der Waals surface area contributed by atoms with Gasteiger partial charge in [0.1, 0.15) is 11.5 Å². The van der Waals surface area contributed by atoms with E-state index in [1.807, 2.05) is 18.2 Å². The standard InChI is InChI=1S/C13H11FIN3O2/c14-10-7-12(13(18(19)20)8-11(10)15)17-6-4-9-3-1-2-5-16-9/h1-3,5,7-8,17H,4,6H2. The van der Waals surface area contributed by atoms with E-state index in [1.165, 1.54) is 6.07 Å². The second-order valence-corrected chi connectivity index (χ2v) is 5.20. The summed E-state index contributed by atoms with van der Waals surface area (Å²) >= 11 is 1.73. The molecule has 0 spiro atoms. The third kappa shape index (κ3) is 3.62. The van der Waals surface area contributed by atoms with Gasteiger partial charge in [0, 0.05) is 37.0 Å². The van der Waals surface area contributed by atoms with E-state index >= 15 is 0 Å². The Kier molecular flexibility index (Phi) is 4.83. The van der Waals surface area contributed by atoms with E-state index in [-0.39, 0.29) is 14.9 Å². The SMILES string of the molecule is O=[N+]([O-])c1cc(I)c(F)cc1NCCc1ccccn1. The van der Waals surface area contributed by atoms with Gasteiger partial charge in [-0.1, -0.05) is 6.07 Å². The molecule has 0 bridgehead atoms. The zero-order chi connectivity index (χ0) is 14.5. The van der Waals surface area contributed by atoms with Gasteiger partial charge < -0.3 is 5.32 Å². The second kappa shape index (κ2) is 6.60. The molecular formula is C13H11FIN3O2. The first-order chi connectivity index (χ1) is 9.58. The lowest BCUT2D eigenvalue weighted by Gasteiger charge is -2.08. The van der Waals surface area contributed by atoms with Gasteiger partial charge in [0.05, 0.1) is 8.49 Å². The molecule has 0 aliphatic rings. The summed E-state index contributed by atoms with van der Waals surface area (Å²) in [5, 5.41) is 13.8. The Balaban J connectivity index is 2.09. The Labute approximate surface area is 128 Å². The van der Waals surface area contributed by atoms with Crippen molar-refractivity contribution in [2.75, 3.05) is 11.9 Å². The summed E-state index contributed by atoms with van der Waals surface area (Å²) in [6.45, 7) is 0.442. The van der Waals surface area contributed by atoms with Crippen molar-refractivity contribution in [2.24, 2.45) is 0 Å². The number of nitrogens with zero attached hydrogens (tertiary/aromatic N) is 2. The first-order valence-corrected chi connectivity index (χ1v) is 6.93. The third-order valence-corrected chi connectivity index (χ3v) is 3.48. The van der Waals surface area contributed by atoms with Crippen molar-refractivity contribution >= 4 is 34.0 Å². The van der Waals surface area contributed by atoms with Crippen LogP contribution in [0.2, 0.25) is 0 Å². The maximum atomic E-state index is 13.5. The molecular weight excluding hydrogens is 376 g/mol. The number of anilines is 1. The predicted octanol–water partition coefficient (Wildman–Crippen LogP) is 3.39. The fourth-order valence-electron chi connectivity index (χ4n) is 1.70. The predicted molar refractivity (Wildman–Crippen MR) is 82.2 cm³/mol. The molecule has 20 heavy (non-hydrogen) atoms. The van der Waals surface area contributed by atoms with Crippen LogP contribution in [-0.2, 0) is 6.42 Å². The largest absolute Gasteiger partial charge is 0.379 e. The summed E-state index contributed by atoms with van der Waals surface area (Å²) in [7, 11) is 0. The number of nitro groups is 1. The highest BCUT2D eigenvalue weighted by Crippen LogP contribution is 2.28. The molecule has 0 fully saturated rings. The van der Waals surface area contributed by atoms with Crippen LogP contribution in [0.1, 0.15) is 5.69 Å². The Morgan fingerprint density at radius 3 is 2.85 bits per heavy atom. The highest BCUT2D eigenvalue weighted by atomic mass is 127. The monoisotopic (exact) mass is 387 g/mol. The van der Waals surface area contributed by atoms with Crippen molar-refractivity contribution in [3.05, 3.63) is 61.7 Å². The first kappa shape index (κ1) is 14.6. The molecule has 0 unspecified atom stereocenters. The van der Waals surface area contributed by atoms with Crippen LogP contribution in [0.3, 0.4) is 0 Å². The average Bonchev–Trinajstić information content (AvgIpc) is 2.43. The van der Waals surface area contributed by atoms with Gasteiger partial charge in [-0.15, -0.1) is 0 Å². The Morgan fingerprint density at radius 1 is 1.40 bits per heavy atom. The average molecular weight is 387 g/mol. The minimum atomic E-state index is -0.523. The zero-order valence-electron chi connectivity index (χ0n) is 10.3. The van der Waals surface area contributed by atoms with Crippen molar-refractivity contribution in [3.63, 3.8) is 0 Å². The molecule has 0 radical (unpaired) electrons. The number of hydrogen-bond donors (Lipinski definition) is 1. The Morgan fingerprint density at radius 2 is 2.20 bits per heavy atom. The maximum absolute atomic E-state index is 13.5. The Hall–Kier alpha value is -1.77. The lowest BCUT2D eigenvalue weighted by Crippen LogP contribution is -2.08. The minimum Gasteiger partial charge on any atom is -0.379 e. The van der Waals surface area contributed by atoms with Crippen molar-refractivity contribution in [3.8, 4) is 0 Å². The molecule has 1 N–H and O–H groups in total. The number of aromatic nitrogens is 1.